The first-order valence-electron chi connectivity index (χ1n) is 10.3. The van der Waals surface area contributed by atoms with Crippen LogP contribution in [0.5, 0.6) is 0 Å². The molecule has 170 valence electrons. The van der Waals surface area contributed by atoms with Gasteiger partial charge in [-0.25, -0.2) is 4.98 Å². The summed E-state index contributed by atoms with van der Waals surface area (Å²) in [5.41, 5.74) is 0.570. The number of alkyl halides is 3. The minimum atomic E-state index is -4.38. The van der Waals surface area contributed by atoms with Crippen LogP contribution in [0.4, 0.5) is 18.9 Å². The lowest BCUT2D eigenvalue weighted by atomic mass is 10.1. The van der Waals surface area contributed by atoms with Crippen molar-refractivity contribution in [2.45, 2.75) is 32.9 Å². The number of hydrogen-bond acceptors (Lipinski definition) is 5. The molecule has 2 aromatic heterocycles. The number of fused-ring (bicyclic) bond motifs is 1. The lowest BCUT2D eigenvalue weighted by Gasteiger charge is -2.36. The Morgan fingerprint density at radius 1 is 1.19 bits per heavy atom. The highest BCUT2D eigenvalue weighted by atomic mass is 32.1. The van der Waals surface area contributed by atoms with Crippen molar-refractivity contribution < 1.29 is 18.0 Å². The van der Waals surface area contributed by atoms with Crippen molar-refractivity contribution in [1.29, 1.82) is 0 Å². The second kappa shape index (κ2) is 8.57. The van der Waals surface area contributed by atoms with Crippen LogP contribution < -0.4 is 10.5 Å². The molecule has 0 unspecified atom stereocenters. The van der Waals surface area contributed by atoms with Gasteiger partial charge < -0.3 is 14.8 Å². The third kappa shape index (κ3) is 4.50. The van der Waals surface area contributed by atoms with Crippen LogP contribution in [0.25, 0.3) is 10.2 Å². The Morgan fingerprint density at radius 2 is 1.91 bits per heavy atom. The molecule has 1 aliphatic rings. The number of nitrogens with zero attached hydrogens (tertiary/aromatic N) is 3. The van der Waals surface area contributed by atoms with Gasteiger partial charge in [-0.2, -0.15) is 13.2 Å². The summed E-state index contributed by atoms with van der Waals surface area (Å²) in [5.74, 6) is 0.426. The third-order valence-corrected chi connectivity index (χ3v) is 6.94. The van der Waals surface area contributed by atoms with E-state index in [9.17, 15) is 22.8 Å². The number of thiophene rings is 1. The molecule has 0 saturated carbocycles. The van der Waals surface area contributed by atoms with Gasteiger partial charge in [-0.1, -0.05) is 6.07 Å². The number of carbonyl (C=O) groups is 1. The van der Waals surface area contributed by atoms with E-state index in [-0.39, 0.29) is 17.9 Å². The maximum absolute atomic E-state index is 13.0. The van der Waals surface area contributed by atoms with Crippen LogP contribution in [0.15, 0.2) is 29.1 Å². The van der Waals surface area contributed by atoms with Gasteiger partial charge >= 0.3 is 6.18 Å². The molecule has 0 aliphatic carbocycles. The normalized spacial score (nSPS) is 14.9. The number of halogens is 3. The monoisotopic (exact) mass is 464 g/mol. The number of carbonyl (C=O) groups excluding carboxylic acids is 1. The fraction of sp³-hybridized carbons (Fsp3) is 0.409. The van der Waals surface area contributed by atoms with Gasteiger partial charge in [0.2, 0.25) is 5.91 Å². The summed E-state index contributed by atoms with van der Waals surface area (Å²) in [7, 11) is 0. The third-order valence-electron chi connectivity index (χ3n) is 5.83. The average molecular weight is 465 g/mol. The van der Waals surface area contributed by atoms with E-state index in [1.165, 1.54) is 17.4 Å². The van der Waals surface area contributed by atoms with Crippen molar-refractivity contribution >= 4 is 33.1 Å². The molecule has 4 rings (SSSR count). The molecule has 3 heterocycles. The van der Waals surface area contributed by atoms with Crippen molar-refractivity contribution in [3.63, 3.8) is 0 Å². The number of hydrogen-bond donors (Lipinski definition) is 1. The number of nitrogens with one attached hydrogen (secondary N) is 1. The molecule has 1 N–H and O–H groups in total. The quantitative estimate of drug-likeness (QED) is 0.636. The SMILES string of the molecule is Cc1sc2nc(CCC(=O)N3CCN(c4cccc(C(F)(F)F)c4)CC3)[nH]c(=O)c2c1C. The second-order valence-corrected chi connectivity index (χ2v) is 9.10. The average Bonchev–Trinajstić information content (AvgIpc) is 3.05. The maximum Gasteiger partial charge on any atom is 0.416 e. The molecule has 0 radical (unpaired) electrons. The van der Waals surface area contributed by atoms with E-state index in [0.717, 1.165) is 22.6 Å². The van der Waals surface area contributed by atoms with Gasteiger partial charge in [-0.3, -0.25) is 9.59 Å². The van der Waals surface area contributed by atoms with Crippen LogP contribution in [0, 0.1) is 13.8 Å². The molecule has 1 aromatic carbocycles. The predicted molar refractivity (Wildman–Crippen MR) is 118 cm³/mol. The number of rotatable bonds is 4. The predicted octanol–water partition coefficient (Wildman–Crippen LogP) is 3.90. The van der Waals surface area contributed by atoms with Crippen LogP contribution in [0.1, 0.15) is 28.2 Å². The Balaban J connectivity index is 1.35. The molecule has 10 heteroatoms. The summed E-state index contributed by atoms with van der Waals surface area (Å²) in [6.45, 7) is 5.63. The van der Waals surface area contributed by atoms with E-state index in [0.29, 0.717) is 54.3 Å². The standard InChI is InChI=1S/C22H23F3N4O2S/c1-13-14(2)32-21-19(13)20(31)26-17(27-21)6-7-18(30)29-10-8-28(9-11-29)16-5-3-4-15(12-16)22(23,24)25/h3-5,12H,6-11H2,1-2H3,(H,26,27,31). The fourth-order valence-electron chi connectivity index (χ4n) is 3.89. The van der Waals surface area contributed by atoms with Crippen LogP contribution in [-0.2, 0) is 17.4 Å². The number of H-pyrrole nitrogens is 1. The first-order valence-corrected chi connectivity index (χ1v) is 11.1. The number of aromatic nitrogens is 2. The summed E-state index contributed by atoms with van der Waals surface area (Å²) in [6.07, 6.45) is -3.85. The summed E-state index contributed by atoms with van der Waals surface area (Å²) in [6, 6.07) is 5.25. The van der Waals surface area contributed by atoms with Crippen molar-refractivity contribution in [3.8, 4) is 0 Å². The Morgan fingerprint density at radius 3 is 2.59 bits per heavy atom. The number of amides is 1. The smallest absolute Gasteiger partial charge is 0.368 e. The number of aromatic amines is 1. The van der Waals surface area contributed by atoms with Crippen LogP contribution in [-0.4, -0.2) is 47.0 Å². The van der Waals surface area contributed by atoms with Crippen molar-refractivity contribution in [1.82, 2.24) is 14.9 Å². The molecular formula is C22H23F3N4O2S. The molecule has 6 nitrogen and oxygen atoms in total. The highest BCUT2D eigenvalue weighted by molar-refractivity contribution is 7.18. The molecule has 1 amide bonds. The van der Waals surface area contributed by atoms with Gasteiger partial charge in [0.05, 0.1) is 10.9 Å². The zero-order chi connectivity index (χ0) is 23.0. The maximum atomic E-state index is 13.0. The van der Waals surface area contributed by atoms with Crippen LogP contribution >= 0.6 is 11.3 Å². The number of piperazine rings is 1. The minimum Gasteiger partial charge on any atom is -0.368 e. The van der Waals surface area contributed by atoms with Gasteiger partial charge in [0.1, 0.15) is 10.7 Å². The van der Waals surface area contributed by atoms with Gasteiger partial charge in [-0.05, 0) is 37.6 Å². The zero-order valence-electron chi connectivity index (χ0n) is 17.8. The lowest BCUT2D eigenvalue weighted by molar-refractivity contribution is -0.137. The van der Waals surface area contributed by atoms with Gasteiger partial charge in [0, 0.05) is 49.6 Å². The van der Waals surface area contributed by atoms with Crippen molar-refractivity contribution in [2.75, 3.05) is 31.1 Å². The summed E-state index contributed by atoms with van der Waals surface area (Å²) in [4.78, 5) is 37.6. The largest absolute Gasteiger partial charge is 0.416 e. The Labute approximate surface area is 186 Å². The van der Waals surface area contributed by atoms with Crippen molar-refractivity contribution in [2.24, 2.45) is 0 Å². The van der Waals surface area contributed by atoms with Crippen LogP contribution in [0.2, 0.25) is 0 Å². The molecule has 1 fully saturated rings. The van der Waals surface area contributed by atoms with E-state index in [2.05, 4.69) is 9.97 Å². The Bertz CT molecular complexity index is 1210. The molecule has 0 bridgehead atoms. The number of benzene rings is 1. The fourth-order valence-corrected chi connectivity index (χ4v) is 4.94. The highest BCUT2D eigenvalue weighted by Gasteiger charge is 2.31. The molecule has 3 aromatic rings. The molecule has 1 aliphatic heterocycles. The second-order valence-electron chi connectivity index (χ2n) is 7.89. The molecular weight excluding hydrogens is 441 g/mol. The van der Waals surface area contributed by atoms with E-state index < -0.39 is 11.7 Å². The molecule has 1 saturated heterocycles. The summed E-state index contributed by atoms with van der Waals surface area (Å²) in [5, 5.41) is 0.605. The first kappa shape index (κ1) is 22.3. The van der Waals surface area contributed by atoms with Gasteiger partial charge in [0.25, 0.3) is 5.56 Å². The summed E-state index contributed by atoms with van der Waals surface area (Å²) < 4.78 is 38.9. The first-order chi connectivity index (χ1) is 15.1. The Hall–Kier alpha value is -2.88. The zero-order valence-corrected chi connectivity index (χ0v) is 18.6. The lowest BCUT2D eigenvalue weighted by Crippen LogP contribution is -2.48. The van der Waals surface area contributed by atoms with Gasteiger partial charge in [0.15, 0.2) is 0 Å². The number of anilines is 1. The van der Waals surface area contributed by atoms with Crippen molar-refractivity contribution in [3.05, 3.63) is 56.4 Å². The topological polar surface area (TPSA) is 69.3 Å². The van der Waals surface area contributed by atoms with Gasteiger partial charge in [-0.15, -0.1) is 11.3 Å². The van der Waals surface area contributed by atoms with E-state index in [1.807, 2.05) is 18.7 Å². The molecule has 0 atom stereocenters. The van der Waals surface area contributed by atoms with Crippen LogP contribution in [0.3, 0.4) is 0 Å². The van der Waals surface area contributed by atoms with E-state index >= 15 is 0 Å². The van der Waals surface area contributed by atoms with E-state index in [4.69, 9.17) is 0 Å². The summed E-state index contributed by atoms with van der Waals surface area (Å²) >= 11 is 1.47. The molecule has 32 heavy (non-hydrogen) atoms. The minimum absolute atomic E-state index is 0.0602. The highest BCUT2D eigenvalue weighted by Crippen LogP contribution is 2.32. The molecule has 0 spiro atoms. The number of aryl methyl sites for hydroxylation is 3. The Kier molecular flexibility index (Phi) is 5.98. The van der Waals surface area contributed by atoms with E-state index in [1.54, 1.807) is 11.0 Å².